The van der Waals surface area contributed by atoms with Crippen LogP contribution in [-0.2, 0) is 11.2 Å². The summed E-state index contributed by atoms with van der Waals surface area (Å²) in [5.74, 6) is 0.204. The smallest absolute Gasteiger partial charge is 0.244 e. The molecule has 1 aromatic carbocycles. The first kappa shape index (κ1) is 14.6. The second-order valence-corrected chi connectivity index (χ2v) is 5.39. The fraction of sp³-hybridized carbons (Fsp3) is 0.500. The normalized spacial score (nSPS) is 21.7. The molecule has 104 valence electrons. The first-order chi connectivity index (χ1) is 8.77. The molecule has 1 amide bonds. The number of nitrogens with one attached hydrogen (secondary N) is 1. The van der Waals surface area contributed by atoms with Crippen molar-refractivity contribution in [3.05, 3.63) is 28.8 Å². The number of benzene rings is 1. The molecule has 1 N–H and O–H groups in total. The number of halogens is 2. The molecule has 0 aliphatic carbocycles. The van der Waals surface area contributed by atoms with Gasteiger partial charge in [0.2, 0.25) is 5.91 Å². The fourth-order valence-corrected chi connectivity index (χ4v) is 3.14. The number of rotatable bonds is 1. The van der Waals surface area contributed by atoms with Crippen LogP contribution in [-0.4, -0.2) is 25.0 Å². The van der Waals surface area contributed by atoms with Crippen LogP contribution in [0.5, 0.6) is 0 Å². The number of amides is 1. The van der Waals surface area contributed by atoms with Crippen molar-refractivity contribution < 1.29 is 4.79 Å². The molecule has 1 unspecified atom stereocenters. The molecular formula is C14H18Cl2N2O. The van der Waals surface area contributed by atoms with E-state index in [2.05, 4.69) is 5.32 Å². The van der Waals surface area contributed by atoms with Crippen LogP contribution >= 0.6 is 24.0 Å². The number of carbonyl (C=O) groups is 1. The minimum absolute atomic E-state index is 0. The van der Waals surface area contributed by atoms with Gasteiger partial charge in [0.25, 0.3) is 0 Å². The van der Waals surface area contributed by atoms with Gasteiger partial charge in [0.1, 0.15) is 0 Å². The summed E-state index contributed by atoms with van der Waals surface area (Å²) in [6, 6.07) is 5.80. The van der Waals surface area contributed by atoms with Crippen molar-refractivity contribution in [1.82, 2.24) is 5.32 Å². The molecule has 1 saturated heterocycles. The van der Waals surface area contributed by atoms with Gasteiger partial charge in [-0.3, -0.25) is 4.79 Å². The van der Waals surface area contributed by atoms with Crippen LogP contribution in [0.25, 0.3) is 0 Å². The maximum absolute atomic E-state index is 12.5. The molecule has 19 heavy (non-hydrogen) atoms. The lowest BCUT2D eigenvalue weighted by Crippen LogP contribution is -2.48. The van der Waals surface area contributed by atoms with Crippen molar-refractivity contribution in [2.45, 2.75) is 31.7 Å². The highest BCUT2D eigenvalue weighted by Crippen LogP contribution is 2.34. The van der Waals surface area contributed by atoms with E-state index >= 15 is 0 Å². The summed E-state index contributed by atoms with van der Waals surface area (Å²) in [6.07, 6.45) is 4.13. The zero-order chi connectivity index (χ0) is 12.5. The molecule has 1 atom stereocenters. The third-order valence-corrected chi connectivity index (χ3v) is 4.20. The molecule has 2 heterocycles. The Morgan fingerprint density at radius 3 is 2.95 bits per heavy atom. The third kappa shape index (κ3) is 2.73. The van der Waals surface area contributed by atoms with Crippen LogP contribution in [0, 0.1) is 0 Å². The van der Waals surface area contributed by atoms with Gasteiger partial charge >= 0.3 is 0 Å². The van der Waals surface area contributed by atoms with Crippen molar-refractivity contribution in [3.8, 4) is 0 Å². The van der Waals surface area contributed by atoms with Gasteiger partial charge in [-0.25, -0.2) is 0 Å². The molecule has 1 aromatic rings. The average Bonchev–Trinajstić information content (AvgIpc) is 2.84. The summed E-state index contributed by atoms with van der Waals surface area (Å²) in [7, 11) is 0. The quantitative estimate of drug-likeness (QED) is 0.865. The highest BCUT2D eigenvalue weighted by molar-refractivity contribution is 6.32. The molecule has 2 aliphatic rings. The molecule has 2 aliphatic heterocycles. The number of nitrogens with zero attached hydrogens (tertiary/aromatic N) is 1. The van der Waals surface area contributed by atoms with Gasteiger partial charge in [-0.1, -0.05) is 24.1 Å². The number of carbonyl (C=O) groups excluding carboxylic acids is 1. The number of fused-ring (bicyclic) bond motifs is 1. The third-order valence-electron chi connectivity index (χ3n) is 3.84. The van der Waals surface area contributed by atoms with Crippen LogP contribution < -0.4 is 10.2 Å². The Labute approximate surface area is 124 Å². The standard InChI is InChI=1S/C14H17ClN2O.ClH/c15-11-4-3-6-13-10(11)7-9-17(13)14(18)12-5-1-2-8-16-12;/h3-4,6,12,16H,1-2,5,7-9H2;1H. The van der Waals surface area contributed by atoms with Crippen molar-refractivity contribution in [2.75, 3.05) is 18.0 Å². The lowest BCUT2D eigenvalue weighted by Gasteiger charge is -2.27. The maximum Gasteiger partial charge on any atom is 0.244 e. The van der Waals surface area contributed by atoms with Gasteiger partial charge in [-0.2, -0.15) is 0 Å². The van der Waals surface area contributed by atoms with Gasteiger partial charge in [-0.05, 0) is 43.5 Å². The minimum Gasteiger partial charge on any atom is -0.310 e. The Kier molecular flexibility index (Phi) is 4.71. The second kappa shape index (κ2) is 6.12. The highest BCUT2D eigenvalue weighted by atomic mass is 35.5. The predicted molar refractivity (Wildman–Crippen MR) is 80.4 cm³/mol. The molecule has 0 spiro atoms. The Morgan fingerprint density at radius 2 is 2.21 bits per heavy atom. The molecule has 0 aromatic heterocycles. The van der Waals surface area contributed by atoms with E-state index in [0.29, 0.717) is 0 Å². The monoisotopic (exact) mass is 300 g/mol. The van der Waals surface area contributed by atoms with E-state index < -0.39 is 0 Å². The van der Waals surface area contributed by atoms with Gasteiger partial charge in [0.15, 0.2) is 0 Å². The number of anilines is 1. The van der Waals surface area contributed by atoms with Crippen molar-refractivity contribution in [1.29, 1.82) is 0 Å². The Bertz CT molecular complexity index is 473. The summed E-state index contributed by atoms with van der Waals surface area (Å²) in [5, 5.41) is 4.09. The van der Waals surface area contributed by atoms with E-state index in [0.717, 1.165) is 48.6 Å². The molecule has 0 radical (unpaired) electrons. The van der Waals surface area contributed by atoms with Gasteiger partial charge in [0.05, 0.1) is 6.04 Å². The fourth-order valence-electron chi connectivity index (χ4n) is 2.87. The maximum atomic E-state index is 12.5. The van der Waals surface area contributed by atoms with Crippen LogP contribution in [0.15, 0.2) is 18.2 Å². The van der Waals surface area contributed by atoms with E-state index in [1.54, 1.807) is 0 Å². The average molecular weight is 301 g/mol. The molecule has 1 fully saturated rings. The van der Waals surface area contributed by atoms with Gasteiger partial charge in [-0.15, -0.1) is 12.4 Å². The van der Waals surface area contributed by atoms with Gasteiger partial charge in [0, 0.05) is 17.3 Å². The molecule has 3 nitrogen and oxygen atoms in total. The van der Waals surface area contributed by atoms with E-state index in [4.69, 9.17) is 11.6 Å². The lowest BCUT2D eigenvalue weighted by atomic mass is 10.0. The molecular weight excluding hydrogens is 283 g/mol. The number of piperidine rings is 1. The highest BCUT2D eigenvalue weighted by Gasteiger charge is 2.31. The first-order valence-corrected chi connectivity index (χ1v) is 6.97. The first-order valence-electron chi connectivity index (χ1n) is 6.59. The predicted octanol–water partition coefficient (Wildman–Crippen LogP) is 2.79. The van der Waals surface area contributed by atoms with Crippen LogP contribution in [0.3, 0.4) is 0 Å². The summed E-state index contributed by atoms with van der Waals surface area (Å²) >= 11 is 6.17. The Morgan fingerprint density at radius 1 is 1.37 bits per heavy atom. The topological polar surface area (TPSA) is 32.3 Å². The summed E-state index contributed by atoms with van der Waals surface area (Å²) in [4.78, 5) is 14.4. The van der Waals surface area contributed by atoms with Crippen molar-refractivity contribution in [3.63, 3.8) is 0 Å². The van der Waals surface area contributed by atoms with Gasteiger partial charge < -0.3 is 10.2 Å². The zero-order valence-corrected chi connectivity index (χ0v) is 12.3. The van der Waals surface area contributed by atoms with Crippen LogP contribution in [0.2, 0.25) is 5.02 Å². The molecule has 3 rings (SSSR count). The second-order valence-electron chi connectivity index (χ2n) is 4.98. The van der Waals surface area contributed by atoms with Crippen molar-refractivity contribution in [2.24, 2.45) is 0 Å². The molecule has 0 saturated carbocycles. The van der Waals surface area contributed by atoms with Crippen LogP contribution in [0.4, 0.5) is 5.69 Å². The van der Waals surface area contributed by atoms with Crippen molar-refractivity contribution >= 4 is 35.6 Å². The van der Waals surface area contributed by atoms with E-state index in [1.165, 1.54) is 6.42 Å². The molecule has 0 bridgehead atoms. The largest absolute Gasteiger partial charge is 0.310 e. The van der Waals surface area contributed by atoms with E-state index in [9.17, 15) is 4.79 Å². The van der Waals surface area contributed by atoms with E-state index in [1.807, 2.05) is 23.1 Å². The van der Waals surface area contributed by atoms with E-state index in [-0.39, 0.29) is 24.4 Å². The number of hydrogen-bond donors (Lipinski definition) is 1. The SMILES string of the molecule is Cl.O=C(C1CCCCN1)N1CCc2c(Cl)cccc21. The Hall–Kier alpha value is -0.770. The lowest BCUT2D eigenvalue weighted by molar-refractivity contribution is -0.121. The minimum atomic E-state index is -0.0105. The summed E-state index contributed by atoms with van der Waals surface area (Å²) in [6.45, 7) is 1.71. The Balaban J connectivity index is 0.00000133. The number of hydrogen-bond acceptors (Lipinski definition) is 2. The zero-order valence-electron chi connectivity index (χ0n) is 10.7. The molecule has 5 heteroatoms. The summed E-state index contributed by atoms with van der Waals surface area (Å²) < 4.78 is 0. The van der Waals surface area contributed by atoms with Crippen LogP contribution in [0.1, 0.15) is 24.8 Å². The summed E-state index contributed by atoms with van der Waals surface area (Å²) in [5.41, 5.74) is 2.11.